The molecule has 0 fully saturated rings. The van der Waals surface area contributed by atoms with Crippen molar-refractivity contribution < 1.29 is 4.39 Å². The van der Waals surface area contributed by atoms with Crippen molar-refractivity contribution in [2.75, 3.05) is 0 Å². The lowest BCUT2D eigenvalue weighted by Gasteiger charge is -2.17. The van der Waals surface area contributed by atoms with Crippen molar-refractivity contribution in [3.05, 3.63) is 181 Å². The normalized spacial score (nSPS) is 11.0. The van der Waals surface area contributed by atoms with Crippen molar-refractivity contribution in [2.24, 2.45) is 0 Å². The minimum absolute atomic E-state index is 0.329. The van der Waals surface area contributed by atoms with Crippen LogP contribution in [-0.2, 0) is 0 Å². The highest BCUT2D eigenvalue weighted by atomic mass is 19.1. The monoisotopic (exact) mass is 694 g/mol. The summed E-state index contributed by atoms with van der Waals surface area (Å²) in [7, 11) is 0. The summed E-state index contributed by atoms with van der Waals surface area (Å²) in [5, 5.41) is 21.5. The van der Waals surface area contributed by atoms with Gasteiger partial charge >= 0.3 is 0 Å². The van der Waals surface area contributed by atoms with Gasteiger partial charge in [0, 0.05) is 33.0 Å². The fraction of sp³-hybridized carbons (Fsp3) is 0. The van der Waals surface area contributed by atoms with Crippen LogP contribution in [0.4, 0.5) is 4.39 Å². The lowest BCUT2D eigenvalue weighted by molar-refractivity contribution is 0.631. The number of para-hydroxylation sites is 1. The quantitative estimate of drug-likeness (QED) is 0.173. The second-order valence-electron chi connectivity index (χ2n) is 12.9. The number of benzene rings is 7. The topological polar surface area (TPSA) is 91.2 Å². The van der Waals surface area contributed by atoms with Crippen molar-refractivity contribution in [1.29, 1.82) is 10.5 Å². The summed E-state index contributed by atoms with van der Waals surface area (Å²) >= 11 is 0. The fourth-order valence-corrected chi connectivity index (χ4v) is 7.03. The third-order valence-corrected chi connectivity index (χ3v) is 9.56. The molecule has 7 aromatic carbocycles. The van der Waals surface area contributed by atoms with Gasteiger partial charge in [0.05, 0.1) is 40.0 Å². The van der Waals surface area contributed by atoms with Crippen LogP contribution >= 0.6 is 0 Å². The molecule has 2 aromatic heterocycles. The Labute approximate surface area is 310 Å². The first kappa shape index (κ1) is 32.2. The number of hydrogen-bond donors (Lipinski definition) is 0. The van der Waals surface area contributed by atoms with Gasteiger partial charge < -0.3 is 4.57 Å². The van der Waals surface area contributed by atoms with Crippen LogP contribution < -0.4 is 0 Å². The molecule has 0 atom stereocenters. The van der Waals surface area contributed by atoms with E-state index in [-0.39, 0.29) is 5.82 Å². The molecule has 252 valence electrons. The summed E-state index contributed by atoms with van der Waals surface area (Å²) in [5.41, 5.74) is 8.52. The Morgan fingerprint density at radius 2 is 1.00 bits per heavy atom. The Kier molecular flexibility index (Phi) is 8.00. The Morgan fingerprint density at radius 3 is 1.67 bits per heavy atom. The zero-order chi connectivity index (χ0) is 36.6. The summed E-state index contributed by atoms with van der Waals surface area (Å²) < 4.78 is 17.6. The maximum Gasteiger partial charge on any atom is 0.166 e. The van der Waals surface area contributed by atoms with E-state index in [0.717, 1.165) is 55.3 Å². The van der Waals surface area contributed by atoms with E-state index in [0.29, 0.717) is 39.7 Å². The average molecular weight is 695 g/mol. The fourth-order valence-electron chi connectivity index (χ4n) is 7.03. The Bertz CT molecular complexity index is 2880. The number of halogens is 1. The predicted molar refractivity (Wildman–Crippen MR) is 211 cm³/mol. The molecule has 0 N–H and O–H groups in total. The lowest BCUT2D eigenvalue weighted by Crippen LogP contribution is -2.04. The second-order valence-corrected chi connectivity index (χ2v) is 12.9. The van der Waals surface area contributed by atoms with E-state index < -0.39 is 0 Å². The van der Waals surface area contributed by atoms with E-state index in [9.17, 15) is 10.5 Å². The molecule has 0 spiro atoms. The molecular weight excluding hydrogens is 668 g/mol. The number of fused-ring (bicyclic) bond motifs is 3. The SMILES string of the molecule is N#Cc1cc(C#N)cc(-c2ccc3c4ccccc4n(-c4cc(-c5ccccc5F)ccc4-c4nc(-c5ccccc5)nc(-c5ccccc5)n4)c3c2)c1. The number of rotatable bonds is 6. The van der Waals surface area contributed by atoms with Crippen LogP contribution in [0.25, 0.3) is 83.9 Å². The first-order valence-corrected chi connectivity index (χ1v) is 17.3. The zero-order valence-electron chi connectivity index (χ0n) is 28.6. The molecule has 7 heteroatoms. The molecule has 0 aliphatic heterocycles. The molecule has 0 radical (unpaired) electrons. The Morgan fingerprint density at radius 1 is 0.426 bits per heavy atom. The zero-order valence-corrected chi connectivity index (χ0v) is 28.6. The summed E-state index contributed by atoms with van der Waals surface area (Å²) in [4.78, 5) is 15.1. The third kappa shape index (κ3) is 5.73. The van der Waals surface area contributed by atoms with Crippen LogP contribution in [0, 0.1) is 28.5 Å². The highest BCUT2D eigenvalue weighted by Crippen LogP contribution is 2.40. The predicted octanol–water partition coefficient (Wildman–Crippen LogP) is 11.2. The van der Waals surface area contributed by atoms with Crippen LogP contribution in [-0.4, -0.2) is 19.5 Å². The number of aromatic nitrogens is 4. The molecule has 0 unspecified atom stereocenters. The third-order valence-electron chi connectivity index (χ3n) is 9.56. The van der Waals surface area contributed by atoms with Gasteiger partial charge in [0.2, 0.25) is 0 Å². The molecule has 0 aliphatic rings. The van der Waals surface area contributed by atoms with Crippen molar-refractivity contribution in [2.45, 2.75) is 0 Å². The van der Waals surface area contributed by atoms with Gasteiger partial charge in [-0.1, -0.05) is 115 Å². The molecule has 0 bridgehead atoms. The van der Waals surface area contributed by atoms with Gasteiger partial charge in [-0.05, 0) is 65.2 Å². The van der Waals surface area contributed by atoms with Crippen LogP contribution in [0.1, 0.15) is 11.1 Å². The molecular formula is C47H27FN6. The summed E-state index contributed by atoms with van der Waals surface area (Å²) in [6.45, 7) is 0. The lowest BCUT2D eigenvalue weighted by atomic mass is 9.99. The minimum atomic E-state index is -0.329. The number of nitrogens with zero attached hydrogens (tertiary/aromatic N) is 6. The van der Waals surface area contributed by atoms with Gasteiger partial charge in [-0.3, -0.25) is 0 Å². The molecule has 9 aromatic rings. The van der Waals surface area contributed by atoms with Crippen molar-refractivity contribution in [1.82, 2.24) is 19.5 Å². The van der Waals surface area contributed by atoms with Crippen LogP contribution in [0.5, 0.6) is 0 Å². The summed E-state index contributed by atoms with van der Waals surface area (Å²) in [6.07, 6.45) is 0. The summed E-state index contributed by atoms with van der Waals surface area (Å²) in [6, 6.07) is 56.1. The largest absolute Gasteiger partial charge is 0.308 e. The van der Waals surface area contributed by atoms with Crippen LogP contribution in [0.15, 0.2) is 164 Å². The first-order chi connectivity index (χ1) is 26.6. The van der Waals surface area contributed by atoms with Gasteiger partial charge in [0.1, 0.15) is 5.82 Å². The van der Waals surface area contributed by atoms with Crippen molar-refractivity contribution in [3.63, 3.8) is 0 Å². The van der Waals surface area contributed by atoms with E-state index in [4.69, 9.17) is 15.0 Å². The molecule has 2 heterocycles. The van der Waals surface area contributed by atoms with Gasteiger partial charge in [-0.15, -0.1) is 0 Å². The van der Waals surface area contributed by atoms with Crippen LogP contribution in [0.3, 0.4) is 0 Å². The van der Waals surface area contributed by atoms with Gasteiger partial charge in [-0.2, -0.15) is 10.5 Å². The van der Waals surface area contributed by atoms with E-state index in [1.807, 2.05) is 103 Å². The number of nitriles is 2. The highest BCUT2D eigenvalue weighted by molar-refractivity contribution is 6.10. The summed E-state index contributed by atoms with van der Waals surface area (Å²) in [5.74, 6) is 1.18. The van der Waals surface area contributed by atoms with Gasteiger partial charge in [0.15, 0.2) is 17.5 Å². The van der Waals surface area contributed by atoms with E-state index >= 15 is 4.39 Å². The van der Waals surface area contributed by atoms with Gasteiger partial charge in [0.25, 0.3) is 0 Å². The standard InChI is InChI=1S/C47H27FN6/c48-41-17-9-7-15-37(41)35-20-22-40(47-52-45(32-11-3-1-4-12-32)51-46(53-47)33-13-5-2-6-14-33)44(27-35)54-42-18-10-8-16-38(42)39-21-19-34(26-43(39)54)36-24-30(28-49)23-31(25-36)29-50/h1-27H. The Hall–Kier alpha value is -7.74. The van der Waals surface area contributed by atoms with E-state index in [2.05, 4.69) is 41.0 Å². The van der Waals surface area contributed by atoms with E-state index in [1.165, 1.54) is 6.07 Å². The molecule has 9 rings (SSSR count). The Balaban J connectivity index is 1.37. The molecule has 0 saturated carbocycles. The molecule has 54 heavy (non-hydrogen) atoms. The van der Waals surface area contributed by atoms with Gasteiger partial charge in [-0.25, -0.2) is 19.3 Å². The first-order valence-electron chi connectivity index (χ1n) is 17.3. The minimum Gasteiger partial charge on any atom is -0.308 e. The van der Waals surface area contributed by atoms with Crippen LogP contribution in [0.2, 0.25) is 0 Å². The second kappa shape index (κ2) is 13.4. The molecule has 0 amide bonds. The van der Waals surface area contributed by atoms with E-state index in [1.54, 1.807) is 30.3 Å². The molecule has 0 saturated heterocycles. The highest BCUT2D eigenvalue weighted by Gasteiger charge is 2.21. The maximum absolute atomic E-state index is 15.4. The van der Waals surface area contributed by atoms with Crippen molar-refractivity contribution >= 4 is 21.8 Å². The smallest absolute Gasteiger partial charge is 0.166 e. The molecule has 0 aliphatic carbocycles. The number of hydrogen-bond acceptors (Lipinski definition) is 5. The maximum atomic E-state index is 15.4. The molecule has 6 nitrogen and oxygen atoms in total. The average Bonchev–Trinajstić information content (AvgIpc) is 3.57. The van der Waals surface area contributed by atoms with Crippen molar-refractivity contribution in [3.8, 4) is 74.2 Å².